The van der Waals surface area contributed by atoms with Crippen LogP contribution in [0.1, 0.15) is 18.1 Å². The molecule has 2 aromatic carbocycles. The van der Waals surface area contributed by atoms with Gasteiger partial charge in [0.05, 0.1) is 22.2 Å². The number of likely N-dealkylation sites (N-methyl/N-ethyl adjacent to an activating group) is 2. The zero-order chi connectivity index (χ0) is 24.7. The van der Waals surface area contributed by atoms with Crippen LogP contribution in [0, 0.1) is 6.92 Å². The lowest BCUT2D eigenvalue weighted by Gasteiger charge is -2.34. The Morgan fingerprint density at radius 1 is 1.09 bits per heavy atom. The number of hydrogen-bond donors (Lipinski definition) is 1. The maximum absolute atomic E-state index is 13.2. The van der Waals surface area contributed by atoms with Crippen molar-refractivity contribution in [1.82, 2.24) is 24.3 Å². The average Bonchev–Trinajstić information content (AvgIpc) is 3.17. The second-order valence-corrected chi connectivity index (χ2v) is 10.1. The first-order valence-corrected chi connectivity index (χ1v) is 12.6. The molecule has 35 heavy (non-hydrogen) atoms. The molecule has 0 bridgehead atoms. The summed E-state index contributed by atoms with van der Waals surface area (Å²) in [7, 11) is 6.25. The van der Waals surface area contributed by atoms with Crippen LogP contribution in [0.15, 0.2) is 41.2 Å². The van der Waals surface area contributed by atoms with Crippen molar-refractivity contribution in [1.29, 1.82) is 0 Å². The van der Waals surface area contributed by atoms with Crippen LogP contribution in [0.5, 0.6) is 0 Å². The van der Waals surface area contributed by atoms with Crippen molar-refractivity contribution in [3.63, 3.8) is 0 Å². The van der Waals surface area contributed by atoms with Crippen molar-refractivity contribution in [3.05, 3.63) is 58.0 Å². The zero-order valence-electron chi connectivity index (χ0n) is 21.6. The van der Waals surface area contributed by atoms with Gasteiger partial charge in [0.15, 0.2) is 0 Å². The highest BCUT2D eigenvalue weighted by molar-refractivity contribution is 6.09. The van der Waals surface area contributed by atoms with E-state index in [0.29, 0.717) is 6.54 Å². The van der Waals surface area contributed by atoms with E-state index in [1.165, 1.54) is 16.8 Å². The summed E-state index contributed by atoms with van der Waals surface area (Å²) >= 11 is 0. The number of imidazole rings is 1. The molecule has 0 radical (unpaired) electrons. The quantitative estimate of drug-likeness (QED) is 0.463. The molecule has 1 saturated heterocycles. The molecule has 7 heteroatoms. The number of aryl methyl sites for hydroxylation is 2. The van der Waals surface area contributed by atoms with Gasteiger partial charge in [0.1, 0.15) is 0 Å². The third-order valence-electron chi connectivity index (χ3n) is 7.17. The summed E-state index contributed by atoms with van der Waals surface area (Å²) in [4.78, 5) is 28.5. The van der Waals surface area contributed by atoms with Crippen LogP contribution >= 0.6 is 0 Å². The molecule has 7 nitrogen and oxygen atoms in total. The number of nitrogens with zero attached hydrogens (tertiary/aromatic N) is 5. The first-order chi connectivity index (χ1) is 16.9. The molecular formula is C28H36N6O. The van der Waals surface area contributed by atoms with Gasteiger partial charge in [-0.2, -0.15) is 0 Å². The van der Waals surface area contributed by atoms with Crippen molar-refractivity contribution in [2.75, 3.05) is 58.8 Å². The highest BCUT2D eigenvalue weighted by Gasteiger charge is 2.21. The normalized spacial score (nSPS) is 15.1. The van der Waals surface area contributed by atoms with Crippen molar-refractivity contribution < 1.29 is 0 Å². The van der Waals surface area contributed by atoms with Crippen molar-refractivity contribution in [2.24, 2.45) is 0 Å². The van der Waals surface area contributed by atoms with Gasteiger partial charge in [0, 0.05) is 55.9 Å². The molecule has 0 atom stereocenters. The number of H-pyrrole nitrogens is 1. The first kappa shape index (κ1) is 23.6. The number of benzene rings is 2. The number of nitrogens with one attached hydrogen (secondary N) is 1. The Balaban J connectivity index is 1.74. The minimum atomic E-state index is -0.0738. The summed E-state index contributed by atoms with van der Waals surface area (Å²) in [6, 6.07) is 13.0. The summed E-state index contributed by atoms with van der Waals surface area (Å²) in [5.74, 6) is 0. The summed E-state index contributed by atoms with van der Waals surface area (Å²) in [6.45, 7) is 9.85. The molecule has 0 unspecified atom stereocenters. The predicted molar refractivity (Wildman–Crippen MR) is 146 cm³/mol. The molecular weight excluding hydrogens is 436 g/mol. The van der Waals surface area contributed by atoms with Gasteiger partial charge < -0.3 is 19.7 Å². The fraction of sp³-hybridized carbons (Fsp3) is 0.429. The van der Waals surface area contributed by atoms with Gasteiger partial charge in [-0.3, -0.25) is 4.57 Å². The molecule has 1 N–H and O–H groups in total. The number of piperazine rings is 1. The molecule has 0 saturated carbocycles. The monoisotopic (exact) mass is 472 g/mol. The van der Waals surface area contributed by atoms with E-state index in [0.717, 1.165) is 72.3 Å². The van der Waals surface area contributed by atoms with Gasteiger partial charge in [-0.05, 0) is 63.8 Å². The van der Waals surface area contributed by atoms with E-state index >= 15 is 0 Å². The number of aromatic nitrogens is 3. The molecule has 0 amide bonds. The summed E-state index contributed by atoms with van der Waals surface area (Å²) < 4.78 is 1.90. The highest BCUT2D eigenvalue weighted by atomic mass is 16.1. The number of rotatable bonds is 6. The highest BCUT2D eigenvalue weighted by Crippen LogP contribution is 2.35. The van der Waals surface area contributed by atoms with E-state index in [2.05, 4.69) is 77.0 Å². The fourth-order valence-corrected chi connectivity index (χ4v) is 5.20. The lowest BCUT2D eigenvalue weighted by atomic mass is 9.99. The lowest BCUT2D eigenvalue weighted by Crippen LogP contribution is -2.44. The Morgan fingerprint density at radius 2 is 1.86 bits per heavy atom. The molecule has 1 aliphatic heterocycles. The molecule has 4 aromatic rings. The van der Waals surface area contributed by atoms with E-state index in [1.807, 2.05) is 18.7 Å². The third-order valence-corrected chi connectivity index (χ3v) is 7.17. The topological polar surface area (TPSA) is 60.4 Å². The number of pyridine rings is 1. The minimum Gasteiger partial charge on any atom is -0.369 e. The Kier molecular flexibility index (Phi) is 6.38. The standard InChI is InChI=1S/C28H36N6O/c1-6-20-16-19(2)17-23-24(20)27-26(30-28(35)34(27)15-10-31(3)4)25(29-23)21-8-7-9-22(18-21)33-13-11-32(5)12-14-33/h7-9,16-18H,6,10-15H2,1-5H3,(H,30,35). The van der Waals surface area contributed by atoms with Gasteiger partial charge in [0.25, 0.3) is 0 Å². The van der Waals surface area contributed by atoms with Crippen molar-refractivity contribution in [3.8, 4) is 11.3 Å². The van der Waals surface area contributed by atoms with E-state index in [1.54, 1.807) is 0 Å². The Labute approximate surface area is 207 Å². The van der Waals surface area contributed by atoms with Crippen LogP contribution in [0.3, 0.4) is 0 Å². The lowest BCUT2D eigenvalue weighted by molar-refractivity contribution is 0.313. The second kappa shape index (κ2) is 9.47. The Morgan fingerprint density at radius 3 is 2.57 bits per heavy atom. The largest absolute Gasteiger partial charge is 0.369 e. The van der Waals surface area contributed by atoms with Gasteiger partial charge in [-0.15, -0.1) is 0 Å². The molecule has 1 fully saturated rings. The number of anilines is 1. The van der Waals surface area contributed by atoms with Gasteiger partial charge in [-0.1, -0.05) is 25.1 Å². The third kappa shape index (κ3) is 4.46. The fourth-order valence-electron chi connectivity index (χ4n) is 5.20. The van der Waals surface area contributed by atoms with Crippen molar-refractivity contribution in [2.45, 2.75) is 26.8 Å². The number of fused-ring (bicyclic) bond motifs is 3. The maximum atomic E-state index is 13.2. The van der Waals surface area contributed by atoms with Crippen LogP contribution in [-0.4, -0.2) is 78.2 Å². The van der Waals surface area contributed by atoms with E-state index in [-0.39, 0.29) is 5.69 Å². The Bertz CT molecular complexity index is 1430. The van der Waals surface area contributed by atoms with Crippen LogP contribution < -0.4 is 10.6 Å². The second-order valence-electron chi connectivity index (χ2n) is 10.1. The van der Waals surface area contributed by atoms with Crippen molar-refractivity contribution >= 4 is 27.6 Å². The van der Waals surface area contributed by atoms with Gasteiger partial charge >= 0.3 is 5.69 Å². The van der Waals surface area contributed by atoms with E-state index in [9.17, 15) is 4.79 Å². The first-order valence-electron chi connectivity index (χ1n) is 12.6. The van der Waals surface area contributed by atoms with Crippen LogP contribution in [0.25, 0.3) is 33.2 Å². The molecule has 0 spiro atoms. The van der Waals surface area contributed by atoms with Gasteiger partial charge in [-0.25, -0.2) is 9.78 Å². The SMILES string of the molecule is CCc1cc(C)cc2nc(-c3cccc(N4CCN(C)CC4)c3)c3[nH]c(=O)n(CCN(C)C)c3c12. The van der Waals surface area contributed by atoms with Crippen LogP contribution in [0.4, 0.5) is 5.69 Å². The molecule has 5 rings (SSSR count). The maximum Gasteiger partial charge on any atom is 0.326 e. The average molecular weight is 473 g/mol. The molecule has 184 valence electrons. The van der Waals surface area contributed by atoms with E-state index in [4.69, 9.17) is 4.98 Å². The smallest absolute Gasteiger partial charge is 0.326 e. The summed E-state index contributed by atoms with van der Waals surface area (Å²) in [6.07, 6.45) is 0.889. The molecule has 0 aliphatic carbocycles. The van der Waals surface area contributed by atoms with Crippen LogP contribution in [-0.2, 0) is 13.0 Å². The summed E-state index contributed by atoms with van der Waals surface area (Å²) in [5.41, 5.74) is 8.18. The number of aromatic amines is 1. The molecule has 2 aromatic heterocycles. The minimum absolute atomic E-state index is 0.0738. The number of hydrogen-bond acceptors (Lipinski definition) is 5. The van der Waals surface area contributed by atoms with Gasteiger partial charge in [0.2, 0.25) is 0 Å². The molecule has 1 aliphatic rings. The van der Waals surface area contributed by atoms with Crippen LogP contribution in [0.2, 0.25) is 0 Å². The zero-order valence-corrected chi connectivity index (χ0v) is 21.6. The molecule has 3 heterocycles. The Hall–Kier alpha value is -3.16. The van der Waals surface area contributed by atoms with E-state index < -0.39 is 0 Å². The predicted octanol–water partition coefficient (Wildman–Crippen LogP) is 3.73. The summed E-state index contributed by atoms with van der Waals surface area (Å²) in [5, 5.41) is 1.09.